The Hall–Kier alpha value is -0.160. The molecule has 0 aromatic carbocycles. The smallest absolute Gasteiger partial charge is 0.0939 e. The number of hydrogen-bond donors (Lipinski definition) is 1. The molecule has 4 unspecified atom stereocenters. The summed E-state index contributed by atoms with van der Waals surface area (Å²) in [6.45, 7) is 10.0. The van der Waals surface area contributed by atoms with Gasteiger partial charge < -0.3 is 19.5 Å². The Morgan fingerprint density at radius 3 is 2.75 bits per heavy atom. The third-order valence-electron chi connectivity index (χ3n) is 5.32. The van der Waals surface area contributed by atoms with E-state index in [1.807, 2.05) is 7.11 Å². The summed E-state index contributed by atoms with van der Waals surface area (Å²) >= 11 is 0. The second-order valence-corrected chi connectivity index (χ2v) is 6.49. The average molecular weight is 285 g/mol. The highest BCUT2D eigenvalue weighted by molar-refractivity contribution is 4.99. The molecule has 2 aliphatic rings. The SMILES string of the molecule is CCNC(C1CCOC2(CCOC2)C1)C(C)(CC)OC. The summed E-state index contributed by atoms with van der Waals surface area (Å²) in [7, 11) is 1.83. The predicted molar refractivity (Wildman–Crippen MR) is 80.0 cm³/mol. The van der Waals surface area contributed by atoms with Gasteiger partial charge in [-0.05, 0) is 38.6 Å². The van der Waals surface area contributed by atoms with Crippen molar-refractivity contribution in [3.63, 3.8) is 0 Å². The molecule has 0 aromatic heterocycles. The number of ether oxygens (including phenoxy) is 3. The summed E-state index contributed by atoms with van der Waals surface area (Å²) in [6.07, 6.45) is 4.25. The van der Waals surface area contributed by atoms with Gasteiger partial charge in [-0.2, -0.15) is 0 Å². The molecule has 2 saturated heterocycles. The molecule has 2 aliphatic heterocycles. The first-order valence-corrected chi connectivity index (χ1v) is 8.09. The Kier molecular flexibility index (Phi) is 5.46. The molecule has 118 valence electrons. The lowest BCUT2D eigenvalue weighted by atomic mass is 9.74. The minimum Gasteiger partial charge on any atom is -0.378 e. The van der Waals surface area contributed by atoms with Crippen molar-refractivity contribution in [1.82, 2.24) is 5.32 Å². The van der Waals surface area contributed by atoms with E-state index in [0.29, 0.717) is 12.0 Å². The van der Waals surface area contributed by atoms with Gasteiger partial charge in [0.05, 0.1) is 17.8 Å². The van der Waals surface area contributed by atoms with Gasteiger partial charge in [-0.25, -0.2) is 0 Å². The first-order valence-electron chi connectivity index (χ1n) is 8.09. The summed E-state index contributed by atoms with van der Waals surface area (Å²) in [5.41, 5.74) is -0.141. The normalized spacial score (nSPS) is 35.1. The second kappa shape index (κ2) is 6.73. The summed E-state index contributed by atoms with van der Waals surface area (Å²) in [5.74, 6) is 0.593. The highest BCUT2D eigenvalue weighted by Gasteiger charge is 2.46. The number of nitrogens with one attached hydrogen (secondary N) is 1. The monoisotopic (exact) mass is 285 g/mol. The van der Waals surface area contributed by atoms with Gasteiger partial charge in [0.25, 0.3) is 0 Å². The molecule has 0 amide bonds. The Balaban J connectivity index is 2.12. The zero-order chi connectivity index (χ0) is 14.6. The molecule has 4 nitrogen and oxygen atoms in total. The Morgan fingerprint density at radius 2 is 2.20 bits per heavy atom. The van der Waals surface area contributed by atoms with E-state index in [4.69, 9.17) is 14.2 Å². The van der Waals surface area contributed by atoms with Crippen molar-refractivity contribution >= 4 is 0 Å². The van der Waals surface area contributed by atoms with Crippen LogP contribution in [0.15, 0.2) is 0 Å². The molecule has 0 saturated carbocycles. The number of methoxy groups -OCH3 is 1. The Bertz CT molecular complexity index is 298. The van der Waals surface area contributed by atoms with E-state index >= 15 is 0 Å². The largest absolute Gasteiger partial charge is 0.378 e. The minimum absolute atomic E-state index is 0.0288. The van der Waals surface area contributed by atoms with E-state index in [0.717, 1.165) is 52.0 Å². The van der Waals surface area contributed by atoms with Gasteiger partial charge in [0.15, 0.2) is 0 Å². The van der Waals surface area contributed by atoms with Crippen molar-refractivity contribution in [3.05, 3.63) is 0 Å². The lowest BCUT2D eigenvalue weighted by Gasteiger charge is -2.46. The highest BCUT2D eigenvalue weighted by atomic mass is 16.6. The maximum atomic E-state index is 6.07. The van der Waals surface area contributed by atoms with Crippen molar-refractivity contribution in [2.24, 2.45) is 5.92 Å². The molecule has 0 aliphatic carbocycles. The molecule has 1 N–H and O–H groups in total. The summed E-state index contributed by atoms with van der Waals surface area (Å²) in [6, 6.07) is 0.379. The van der Waals surface area contributed by atoms with E-state index < -0.39 is 0 Å². The van der Waals surface area contributed by atoms with Gasteiger partial charge in [-0.15, -0.1) is 0 Å². The zero-order valence-corrected chi connectivity index (χ0v) is 13.5. The van der Waals surface area contributed by atoms with Gasteiger partial charge in [0.2, 0.25) is 0 Å². The molecule has 4 atom stereocenters. The van der Waals surface area contributed by atoms with Crippen LogP contribution in [0.5, 0.6) is 0 Å². The molecule has 2 fully saturated rings. The van der Waals surface area contributed by atoms with Gasteiger partial charge in [0, 0.05) is 32.8 Å². The molecule has 4 heteroatoms. The quantitative estimate of drug-likeness (QED) is 0.813. The van der Waals surface area contributed by atoms with Crippen LogP contribution in [0.3, 0.4) is 0 Å². The molecule has 20 heavy (non-hydrogen) atoms. The number of rotatable bonds is 6. The fourth-order valence-corrected chi connectivity index (χ4v) is 3.81. The molecular weight excluding hydrogens is 254 g/mol. The molecule has 0 aromatic rings. The third kappa shape index (κ3) is 3.19. The third-order valence-corrected chi connectivity index (χ3v) is 5.32. The first kappa shape index (κ1) is 16.2. The molecule has 1 spiro atoms. The van der Waals surface area contributed by atoms with Gasteiger partial charge in [-0.1, -0.05) is 13.8 Å². The first-order chi connectivity index (χ1) is 9.59. The van der Waals surface area contributed by atoms with E-state index in [-0.39, 0.29) is 11.2 Å². The van der Waals surface area contributed by atoms with Crippen LogP contribution in [-0.4, -0.2) is 50.7 Å². The molecular formula is C16H31NO3. The van der Waals surface area contributed by atoms with Crippen LogP contribution in [0.4, 0.5) is 0 Å². The maximum absolute atomic E-state index is 6.07. The van der Waals surface area contributed by atoms with Crippen LogP contribution in [-0.2, 0) is 14.2 Å². The number of hydrogen-bond acceptors (Lipinski definition) is 4. The van der Waals surface area contributed by atoms with E-state index in [2.05, 4.69) is 26.1 Å². The average Bonchev–Trinajstić information content (AvgIpc) is 2.91. The lowest BCUT2D eigenvalue weighted by Crippen LogP contribution is -2.57. The van der Waals surface area contributed by atoms with Crippen molar-refractivity contribution in [3.8, 4) is 0 Å². The van der Waals surface area contributed by atoms with Crippen LogP contribution in [0.1, 0.15) is 46.5 Å². The van der Waals surface area contributed by atoms with E-state index in [9.17, 15) is 0 Å². The fraction of sp³-hybridized carbons (Fsp3) is 1.00. The Morgan fingerprint density at radius 1 is 1.40 bits per heavy atom. The van der Waals surface area contributed by atoms with Crippen molar-refractivity contribution in [2.45, 2.75) is 63.7 Å². The van der Waals surface area contributed by atoms with E-state index in [1.54, 1.807) is 0 Å². The zero-order valence-electron chi connectivity index (χ0n) is 13.5. The lowest BCUT2D eigenvalue weighted by molar-refractivity contribution is -0.124. The summed E-state index contributed by atoms with van der Waals surface area (Å²) < 4.78 is 17.5. The van der Waals surface area contributed by atoms with Crippen LogP contribution >= 0.6 is 0 Å². The topological polar surface area (TPSA) is 39.7 Å². The summed E-state index contributed by atoms with van der Waals surface area (Å²) in [5, 5.41) is 3.68. The van der Waals surface area contributed by atoms with Crippen LogP contribution in [0, 0.1) is 5.92 Å². The van der Waals surface area contributed by atoms with Crippen LogP contribution in [0.2, 0.25) is 0 Å². The molecule has 2 rings (SSSR count). The van der Waals surface area contributed by atoms with E-state index in [1.165, 1.54) is 0 Å². The predicted octanol–water partition coefficient (Wildman–Crippen LogP) is 2.37. The van der Waals surface area contributed by atoms with Gasteiger partial charge >= 0.3 is 0 Å². The second-order valence-electron chi connectivity index (χ2n) is 6.49. The number of likely N-dealkylation sites (N-methyl/N-ethyl adjacent to an activating group) is 1. The van der Waals surface area contributed by atoms with Crippen molar-refractivity contribution in [2.75, 3.05) is 33.5 Å². The molecule has 0 bridgehead atoms. The van der Waals surface area contributed by atoms with Crippen LogP contribution < -0.4 is 5.32 Å². The summed E-state index contributed by atoms with van der Waals surface area (Å²) in [4.78, 5) is 0. The van der Waals surface area contributed by atoms with Gasteiger partial charge in [0.1, 0.15) is 0 Å². The van der Waals surface area contributed by atoms with Gasteiger partial charge in [-0.3, -0.25) is 0 Å². The molecule has 0 radical (unpaired) electrons. The maximum Gasteiger partial charge on any atom is 0.0939 e. The Labute approximate surface area is 123 Å². The van der Waals surface area contributed by atoms with Crippen molar-refractivity contribution < 1.29 is 14.2 Å². The van der Waals surface area contributed by atoms with Crippen molar-refractivity contribution in [1.29, 1.82) is 0 Å². The minimum atomic E-state index is -0.112. The fourth-order valence-electron chi connectivity index (χ4n) is 3.81. The molecule has 2 heterocycles. The van der Waals surface area contributed by atoms with Crippen LogP contribution in [0.25, 0.3) is 0 Å². The highest BCUT2D eigenvalue weighted by Crippen LogP contribution is 2.40. The standard InChI is InChI=1S/C16H31NO3/c1-5-15(3,18-4)14(17-6-2)13-7-9-20-16(11-13)8-10-19-12-16/h13-14,17H,5-12H2,1-4H3.